The lowest BCUT2D eigenvalue weighted by atomic mass is 10.2. The first kappa shape index (κ1) is 21.1. The van der Waals surface area contributed by atoms with Gasteiger partial charge in [0.15, 0.2) is 0 Å². The highest BCUT2D eigenvalue weighted by Gasteiger charge is 2.29. The summed E-state index contributed by atoms with van der Waals surface area (Å²) in [5.41, 5.74) is -2.62. The molecule has 1 heterocycles. The van der Waals surface area contributed by atoms with Crippen LogP contribution >= 0.6 is 11.8 Å². The Morgan fingerprint density at radius 2 is 1.69 bits per heavy atom. The first-order valence-corrected chi connectivity index (χ1v) is 9.88. The normalized spacial score (nSPS) is 15.0. The van der Waals surface area contributed by atoms with Crippen LogP contribution in [0.1, 0.15) is 5.56 Å². The van der Waals surface area contributed by atoms with Gasteiger partial charge in [-0.25, -0.2) is 0 Å². The Kier molecular flexibility index (Phi) is 6.74. The van der Waals surface area contributed by atoms with Crippen molar-refractivity contribution < 1.29 is 22.7 Å². The van der Waals surface area contributed by atoms with Crippen LogP contribution in [0.3, 0.4) is 0 Å². The average molecular weight is 422 g/mol. The van der Waals surface area contributed by atoms with E-state index in [9.17, 15) is 18.0 Å². The minimum Gasteiger partial charge on any atom is -0.495 e. The summed E-state index contributed by atoms with van der Waals surface area (Å²) in [6.07, 6.45) is 3.08. The molecular weight excluding hydrogens is 401 g/mol. The van der Waals surface area contributed by atoms with Crippen molar-refractivity contribution in [1.82, 2.24) is 4.90 Å². The molecule has 1 aliphatic heterocycles. The maximum Gasteiger partial charge on any atom is 0.446 e. The third kappa shape index (κ3) is 5.93. The van der Waals surface area contributed by atoms with E-state index in [0.717, 1.165) is 11.4 Å². The topological polar surface area (TPSA) is 32.8 Å². The molecule has 8 heteroatoms. The summed E-state index contributed by atoms with van der Waals surface area (Å²) in [6.45, 7) is 2.57. The SMILES string of the molecule is COc1ccccc1N1CCN(C(=O)/C=C/c2ccc(SC(F)(F)F)cc2)CC1. The number of thioether (sulfide) groups is 1. The molecular formula is C21H21F3N2O2S. The van der Waals surface area contributed by atoms with Gasteiger partial charge in [0, 0.05) is 37.2 Å². The van der Waals surface area contributed by atoms with Crippen LogP contribution in [0.2, 0.25) is 0 Å². The first-order valence-electron chi connectivity index (χ1n) is 9.06. The number of hydrogen-bond donors (Lipinski definition) is 0. The Hall–Kier alpha value is -2.61. The van der Waals surface area contributed by atoms with Crippen molar-refractivity contribution in [1.29, 1.82) is 0 Å². The molecule has 0 spiro atoms. The summed E-state index contributed by atoms with van der Waals surface area (Å²) < 4.78 is 42.5. The van der Waals surface area contributed by atoms with E-state index in [4.69, 9.17) is 4.74 Å². The van der Waals surface area contributed by atoms with Crippen LogP contribution in [0.4, 0.5) is 18.9 Å². The number of piperazine rings is 1. The van der Waals surface area contributed by atoms with Crippen molar-refractivity contribution >= 4 is 29.4 Å². The van der Waals surface area contributed by atoms with E-state index < -0.39 is 5.51 Å². The maximum atomic E-state index is 12.4. The zero-order valence-electron chi connectivity index (χ0n) is 15.9. The Labute approximate surface area is 171 Å². The third-order valence-electron chi connectivity index (χ3n) is 4.55. The highest BCUT2D eigenvalue weighted by Crippen LogP contribution is 2.36. The Balaban J connectivity index is 1.54. The number of amides is 1. The minimum absolute atomic E-state index is 0.113. The van der Waals surface area contributed by atoms with Gasteiger partial charge in [-0.05, 0) is 47.7 Å². The average Bonchev–Trinajstić information content (AvgIpc) is 2.72. The van der Waals surface area contributed by atoms with Crippen LogP contribution in [-0.4, -0.2) is 49.6 Å². The standard InChI is InChI=1S/C21H21F3N2O2S/c1-28-19-5-3-2-4-18(19)25-12-14-26(15-13-25)20(27)11-8-16-6-9-17(10-7-16)29-21(22,23)24/h2-11H,12-15H2,1H3/b11-8+. The summed E-state index contributed by atoms with van der Waals surface area (Å²) in [6, 6.07) is 13.7. The molecule has 0 saturated carbocycles. The zero-order chi connectivity index (χ0) is 20.9. The van der Waals surface area contributed by atoms with E-state index in [-0.39, 0.29) is 22.6 Å². The van der Waals surface area contributed by atoms with Crippen LogP contribution in [0.25, 0.3) is 6.08 Å². The smallest absolute Gasteiger partial charge is 0.446 e. The van der Waals surface area contributed by atoms with Crippen molar-refractivity contribution in [2.24, 2.45) is 0 Å². The Morgan fingerprint density at radius 1 is 1.03 bits per heavy atom. The van der Waals surface area contributed by atoms with Crippen molar-refractivity contribution in [3.05, 3.63) is 60.2 Å². The second-order valence-electron chi connectivity index (χ2n) is 6.43. The summed E-state index contributed by atoms with van der Waals surface area (Å²) in [4.78, 5) is 16.5. The third-order valence-corrected chi connectivity index (χ3v) is 5.29. The summed E-state index contributed by atoms with van der Waals surface area (Å²) in [5, 5.41) is 0. The molecule has 0 bridgehead atoms. The number of carbonyl (C=O) groups excluding carboxylic acids is 1. The first-order chi connectivity index (χ1) is 13.9. The number of anilines is 1. The maximum absolute atomic E-state index is 12.4. The van der Waals surface area contributed by atoms with Gasteiger partial charge >= 0.3 is 5.51 Å². The lowest BCUT2D eigenvalue weighted by molar-refractivity contribution is -0.126. The monoisotopic (exact) mass is 422 g/mol. The van der Waals surface area contributed by atoms with E-state index >= 15 is 0 Å². The summed E-state index contributed by atoms with van der Waals surface area (Å²) in [5.74, 6) is 0.692. The summed E-state index contributed by atoms with van der Waals surface area (Å²) in [7, 11) is 1.64. The van der Waals surface area contributed by atoms with Gasteiger partial charge in [0.25, 0.3) is 0 Å². The minimum atomic E-state index is -4.31. The number of carbonyl (C=O) groups is 1. The second-order valence-corrected chi connectivity index (χ2v) is 7.57. The van der Waals surface area contributed by atoms with E-state index in [1.807, 2.05) is 24.3 Å². The summed E-state index contributed by atoms with van der Waals surface area (Å²) >= 11 is -0.155. The van der Waals surface area contributed by atoms with Gasteiger partial charge in [-0.2, -0.15) is 13.2 Å². The van der Waals surface area contributed by atoms with Gasteiger partial charge in [-0.1, -0.05) is 24.3 Å². The van der Waals surface area contributed by atoms with E-state index in [0.29, 0.717) is 31.7 Å². The number of para-hydroxylation sites is 2. The number of benzene rings is 2. The highest BCUT2D eigenvalue weighted by atomic mass is 32.2. The molecule has 2 aromatic carbocycles. The van der Waals surface area contributed by atoms with Gasteiger partial charge in [0.2, 0.25) is 5.91 Å². The number of hydrogen-bond acceptors (Lipinski definition) is 4. The number of ether oxygens (including phenoxy) is 1. The van der Waals surface area contributed by atoms with Crippen molar-refractivity contribution in [2.45, 2.75) is 10.4 Å². The van der Waals surface area contributed by atoms with Gasteiger partial charge in [0.05, 0.1) is 12.8 Å². The predicted octanol–water partition coefficient (Wildman–Crippen LogP) is 4.67. The largest absolute Gasteiger partial charge is 0.495 e. The molecule has 4 nitrogen and oxygen atoms in total. The molecule has 29 heavy (non-hydrogen) atoms. The molecule has 1 fully saturated rings. The Bertz CT molecular complexity index is 861. The number of rotatable bonds is 5. The number of nitrogens with zero attached hydrogens (tertiary/aromatic N) is 2. The van der Waals surface area contributed by atoms with Gasteiger partial charge < -0.3 is 14.5 Å². The lowest BCUT2D eigenvalue weighted by Crippen LogP contribution is -2.48. The molecule has 0 unspecified atom stereocenters. The molecule has 154 valence electrons. The van der Waals surface area contributed by atoms with Gasteiger partial charge in [0.1, 0.15) is 5.75 Å². The molecule has 0 N–H and O–H groups in total. The molecule has 0 aromatic heterocycles. The fraction of sp³-hybridized carbons (Fsp3) is 0.286. The van der Waals surface area contributed by atoms with Crippen molar-refractivity contribution in [3.63, 3.8) is 0 Å². The molecule has 1 saturated heterocycles. The molecule has 1 amide bonds. The van der Waals surface area contributed by atoms with E-state index in [2.05, 4.69) is 4.90 Å². The molecule has 3 rings (SSSR count). The van der Waals surface area contributed by atoms with Gasteiger partial charge in [-0.15, -0.1) is 0 Å². The van der Waals surface area contributed by atoms with E-state index in [1.54, 1.807) is 30.2 Å². The molecule has 0 atom stereocenters. The second kappa shape index (κ2) is 9.26. The fourth-order valence-electron chi connectivity index (χ4n) is 3.11. The fourth-order valence-corrected chi connectivity index (χ4v) is 3.65. The van der Waals surface area contributed by atoms with Crippen LogP contribution in [-0.2, 0) is 4.79 Å². The van der Waals surface area contributed by atoms with Gasteiger partial charge in [-0.3, -0.25) is 4.79 Å². The van der Waals surface area contributed by atoms with Crippen LogP contribution in [0.15, 0.2) is 59.5 Å². The van der Waals surface area contributed by atoms with E-state index in [1.165, 1.54) is 18.2 Å². The van der Waals surface area contributed by atoms with Crippen LogP contribution in [0, 0.1) is 0 Å². The van der Waals surface area contributed by atoms with Crippen molar-refractivity contribution in [2.75, 3.05) is 38.2 Å². The lowest BCUT2D eigenvalue weighted by Gasteiger charge is -2.36. The quantitative estimate of drug-likeness (QED) is 0.518. The zero-order valence-corrected chi connectivity index (χ0v) is 16.7. The molecule has 2 aromatic rings. The molecule has 1 aliphatic rings. The predicted molar refractivity (Wildman–Crippen MR) is 109 cm³/mol. The molecule has 0 aliphatic carbocycles. The number of halogens is 3. The number of alkyl halides is 3. The van der Waals surface area contributed by atoms with Crippen LogP contribution < -0.4 is 9.64 Å². The highest BCUT2D eigenvalue weighted by molar-refractivity contribution is 8.00. The molecule has 0 radical (unpaired) electrons. The van der Waals surface area contributed by atoms with Crippen molar-refractivity contribution in [3.8, 4) is 5.75 Å². The number of methoxy groups -OCH3 is 1. The Morgan fingerprint density at radius 3 is 2.31 bits per heavy atom. The van der Waals surface area contributed by atoms with Crippen LogP contribution in [0.5, 0.6) is 5.75 Å².